The van der Waals surface area contributed by atoms with E-state index in [4.69, 9.17) is 40.5 Å². The lowest BCUT2D eigenvalue weighted by molar-refractivity contribution is 0.0743. The van der Waals surface area contributed by atoms with Gasteiger partial charge < -0.3 is 10.6 Å². The van der Waals surface area contributed by atoms with E-state index in [9.17, 15) is 4.79 Å². The second-order valence-electron chi connectivity index (χ2n) is 9.10. The number of nitrogens with one attached hydrogen (secondary N) is 3. The predicted molar refractivity (Wildman–Crippen MR) is 165 cm³/mol. The highest BCUT2D eigenvalue weighted by molar-refractivity contribution is 7.80. The van der Waals surface area contributed by atoms with E-state index in [1.165, 1.54) is 6.42 Å². The minimum atomic E-state index is -0.271. The van der Waals surface area contributed by atoms with Gasteiger partial charge >= 0.3 is 0 Å². The van der Waals surface area contributed by atoms with Crippen LogP contribution >= 0.6 is 46.8 Å². The molecule has 1 fully saturated rings. The fourth-order valence-electron chi connectivity index (χ4n) is 4.28. The van der Waals surface area contributed by atoms with Crippen LogP contribution in [0.2, 0.25) is 10.0 Å². The fourth-order valence-corrected chi connectivity index (χ4v) is 5.93. The van der Waals surface area contributed by atoms with Crippen LogP contribution in [0.15, 0.2) is 30.3 Å². The zero-order valence-corrected chi connectivity index (χ0v) is 25.2. The normalized spacial score (nSPS) is 13.4. The summed E-state index contributed by atoms with van der Waals surface area (Å²) in [7, 11) is 0. The van der Waals surface area contributed by atoms with Crippen LogP contribution in [0.25, 0.3) is 16.3 Å². The molecule has 0 saturated carbocycles. The van der Waals surface area contributed by atoms with Crippen molar-refractivity contribution in [3.05, 3.63) is 56.5 Å². The Labute approximate surface area is 249 Å². The Morgan fingerprint density at radius 3 is 2.64 bits per heavy atom. The highest BCUT2D eigenvalue weighted by Gasteiger charge is 2.28. The lowest BCUT2D eigenvalue weighted by Gasteiger charge is -2.26. The Morgan fingerprint density at radius 1 is 1.13 bits per heavy atom. The average molecular weight is 604 g/mol. The number of aromatic nitrogens is 2. The van der Waals surface area contributed by atoms with Gasteiger partial charge in [0.1, 0.15) is 0 Å². The van der Waals surface area contributed by atoms with Crippen molar-refractivity contribution >= 4 is 57.8 Å². The van der Waals surface area contributed by atoms with Crippen molar-refractivity contribution in [1.29, 1.82) is 0 Å². The van der Waals surface area contributed by atoms with Gasteiger partial charge in [0.2, 0.25) is 0 Å². The molecule has 0 aliphatic carbocycles. The van der Waals surface area contributed by atoms with Crippen LogP contribution in [0.4, 0.5) is 0 Å². The number of rotatable bonds is 8. The molecule has 3 aromatic rings. The van der Waals surface area contributed by atoms with E-state index in [0.717, 1.165) is 54.2 Å². The van der Waals surface area contributed by atoms with Crippen LogP contribution in [-0.4, -0.2) is 45.4 Å². The van der Waals surface area contributed by atoms with E-state index in [0.29, 0.717) is 45.2 Å². The van der Waals surface area contributed by atoms with E-state index < -0.39 is 0 Å². The first-order valence-corrected chi connectivity index (χ1v) is 15.1. The lowest BCUT2D eigenvalue weighted by atomic mass is 10.1. The Morgan fingerprint density at radius 2 is 1.92 bits per heavy atom. The van der Waals surface area contributed by atoms with Crippen molar-refractivity contribution in [3.8, 4) is 28.1 Å². The molecule has 206 valence electrons. The van der Waals surface area contributed by atoms with Crippen LogP contribution in [0.3, 0.4) is 0 Å². The summed E-state index contributed by atoms with van der Waals surface area (Å²) in [6, 6.07) is 9.25. The van der Waals surface area contributed by atoms with Gasteiger partial charge in [-0.3, -0.25) is 10.2 Å². The molecule has 0 unspecified atom stereocenters. The van der Waals surface area contributed by atoms with E-state index in [1.54, 1.807) is 28.2 Å². The maximum atomic E-state index is 13.7. The zero-order chi connectivity index (χ0) is 27.8. The molecule has 3 heterocycles. The van der Waals surface area contributed by atoms with Gasteiger partial charge in [-0.05, 0) is 68.7 Å². The molecular weight excluding hydrogens is 571 g/mol. The molecule has 0 spiro atoms. The zero-order valence-electron chi connectivity index (χ0n) is 22.1. The average Bonchev–Trinajstić information content (AvgIpc) is 3.53. The van der Waals surface area contributed by atoms with E-state index in [1.807, 2.05) is 30.1 Å². The van der Waals surface area contributed by atoms with Crippen molar-refractivity contribution in [2.45, 2.75) is 52.5 Å². The lowest BCUT2D eigenvalue weighted by Crippen LogP contribution is -2.45. The van der Waals surface area contributed by atoms with Crippen molar-refractivity contribution in [1.82, 2.24) is 30.8 Å². The molecule has 0 bridgehead atoms. The van der Waals surface area contributed by atoms with Crippen LogP contribution in [0.1, 0.15) is 66.9 Å². The van der Waals surface area contributed by atoms with Crippen molar-refractivity contribution in [2.75, 3.05) is 19.6 Å². The smallest absolute Gasteiger partial charge is 0.286 e. The van der Waals surface area contributed by atoms with Gasteiger partial charge in [-0.25, -0.2) is 9.69 Å². The van der Waals surface area contributed by atoms with Gasteiger partial charge in [0.25, 0.3) is 5.91 Å². The third-order valence-electron chi connectivity index (χ3n) is 6.14. The number of amides is 1. The number of benzene rings is 1. The number of thiophene rings is 1. The molecule has 7 nitrogen and oxygen atoms in total. The van der Waals surface area contributed by atoms with Crippen molar-refractivity contribution in [3.63, 3.8) is 0 Å². The molecule has 1 aliphatic rings. The number of piperidine rings is 1. The number of halogens is 2. The van der Waals surface area contributed by atoms with Crippen LogP contribution in [-0.2, 0) is 6.54 Å². The summed E-state index contributed by atoms with van der Waals surface area (Å²) in [5, 5.41) is 14.6. The number of hydrogen-bond acceptors (Lipinski definition) is 5. The maximum absolute atomic E-state index is 13.7. The molecule has 0 atom stereocenters. The van der Waals surface area contributed by atoms with Gasteiger partial charge in [0.15, 0.2) is 10.8 Å². The number of hydrazine groups is 1. The number of carbonyl (C=O) groups excluding carboxylic acids is 1. The van der Waals surface area contributed by atoms with Gasteiger partial charge in [-0.15, -0.1) is 11.3 Å². The minimum Gasteiger partial charge on any atom is -0.363 e. The molecule has 1 saturated heterocycles. The Hall–Kier alpha value is -2.61. The topological polar surface area (TPSA) is 74.2 Å². The Balaban J connectivity index is 1.85. The van der Waals surface area contributed by atoms with Crippen molar-refractivity contribution in [2.24, 2.45) is 0 Å². The molecule has 1 aliphatic heterocycles. The van der Waals surface area contributed by atoms with Crippen LogP contribution in [0, 0.1) is 11.8 Å². The highest BCUT2D eigenvalue weighted by Crippen LogP contribution is 2.36. The molecule has 1 aromatic carbocycles. The third-order valence-corrected chi connectivity index (χ3v) is 7.98. The fraction of sp³-hybridized carbons (Fsp3) is 0.393. The molecule has 3 N–H and O–H groups in total. The number of thiocarbonyl (C=S) groups is 1. The first-order valence-electron chi connectivity index (χ1n) is 13.1. The molecule has 11 heteroatoms. The first kappa shape index (κ1) is 29.4. The van der Waals surface area contributed by atoms with Crippen LogP contribution < -0.4 is 16.1 Å². The largest absolute Gasteiger partial charge is 0.363 e. The van der Waals surface area contributed by atoms with Gasteiger partial charge in [-0.1, -0.05) is 48.4 Å². The van der Waals surface area contributed by atoms with Crippen molar-refractivity contribution < 1.29 is 4.79 Å². The number of carbonyl (C=O) groups is 1. The molecule has 1 amide bonds. The van der Waals surface area contributed by atoms with Crippen LogP contribution in [0.5, 0.6) is 0 Å². The summed E-state index contributed by atoms with van der Waals surface area (Å²) in [6.07, 6.45) is 5.10. The highest BCUT2D eigenvalue weighted by atomic mass is 35.5. The molecule has 2 aromatic heterocycles. The predicted octanol–water partition coefficient (Wildman–Crippen LogP) is 6.17. The maximum Gasteiger partial charge on any atom is 0.286 e. The summed E-state index contributed by atoms with van der Waals surface area (Å²) >= 11 is 19.9. The SMILES string of the molecule is CCCC#Cc1ccc(-c2c(CNC(=S)NCC)c(C(=O)NN3CCCCC3)nn2-c2ccc(Cl)cc2Cl)s1. The third kappa shape index (κ3) is 7.53. The summed E-state index contributed by atoms with van der Waals surface area (Å²) in [5.41, 5.74) is 5.46. The standard InChI is InChI=1S/C28H32Cl2N6OS2/c1-3-5-7-10-20-12-14-24(39-20)26-21(18-32-28(38)31-4-2)25(27(37)34-35-15-8-6-9-16-35)33-36(26)23-13-11-19(29)17-22(23)30/h11-14,17H,3-6,8-9,15-16,18H2,1-2H3,(H,34,37)(H2,31,32,38). The van der Waals surface area contributed by atoms with Gasteiger partial charge in [0, 0.05) is 43.2 Å². The summed E-state index contributed by atoms with van der Waals surface area (Å²) < 4.78 is 1.73. The van der Waals surface area contributed by atoms with E-state index in [-0.39, 0.29) is 5.91 Å². The van der Waals surface area contributed by atoms with Gasteiger partial charge in [-0.2, -0.15) is 5.10 Å². The van der Waals surface area contributed by atoms with E-state index in [2.05, 4.69) is 34.8 Å². The molecular formula is C28H32Cl2N6OS2. The monoisotopic (exact) mass is 602 g/mol. The second kappa shape index (κ2) is 14.1. The number of nitrogens with zero attached hydrogens (tertiary/aromatic N) is 3. The Bertz CT molecular complexity index is 1380. The number of unbranched alkanes of at least 4 members (excludes halogenated alkanes) is 1. The minimum absolute atomic E-state index is 0.271. The molecule has 39 heavy (non-hydrogen) atoms. The molecule has 0 radical (unpaired) electrons. The number of hydrogen-bond donors (Lipinski definition) is 3. The summed E-state index contributed by atoms with van der Waals surface area (Å²) in [5.74, 6) is 6.19. The molecule has 4 rings (SSSR count). The van der Waals surface area contributed by atoms with E-state index >= 15 is 0 Å². The Kier molecular flexibility index (Phi) is 10.7. The quantitative estimate of drug-likeness (QED) is 0.211. The second-order valence-corrected chi connectivity index (χ2v) is 11.4. The summed E-state index contributed by atoms with van der Waals surface area (Å²) in [6.45, 7) is 6.69. The summed E-state index contributed by atoms with van der Waals surface area (Å²) in [4.78, 5) is 15.5. The first-order chi connectivity index (χ1) is 18.9. The van der Waals surface area contributed by atoms with Gasteiger partial charge in [0.05, 0.1) is 26.2 Å².